The third kappa shape index (κ3) is 3.87. The van der Waals surface area contributed by atoms with Crippen molar-refractivity contribution in [2.45, 2.75) is 13.0 Å². The lowest BCUT2D eigenvalue weighted by molar-refractivity contribution is 0.158. The van der Waals surface area contributed by atoms with Crippen LogP contribution in [0.3, 0.4) is 0 Å². The lowest BCUT2D eigenvalue weighted by Crippen LogP contribution is -2.53. The van der Waals surface area contributed by atoms with E-state index in [0.717, 1.165) is 26.2 Å². The molecule has 1 saturated heterocycles. The van der Waals surface area contributed by atoms with Crippen molar-refractivity contribution in [3.05, 3.63) is 30.3 Å². The molecule has 110 valence electrons. The normalized spacial score (nSPS) is 16.9. The fourth-order valence-corrected chi connectivity index (χ4v) is 2.40. The molecule has 0 saturated carbocycles. The van der Waals surface area contributed by atoms with Gasteiger partial charge in [0.2, 0.25) is 0 Å². The van der Waals surface area contributed by atoms with E-state index < -0.39 is 0 Å². The maximum atomic E-state index is 12.1. The van der Waals surface area contributed by atoms with Gasteiger partial charge in [-0.05, 0) is 19.1 Å². The average Bonchev–Trinajstić information content (AvgIpc) is 2.48. The summed E-state index contributed by atoms with van der Waals surface area (Å²) in [6.07, 6.45) is 0. The Balaban J connectivity index is 1.80. The van der Waals surface area contributed by atoms with Crippen molar-refractivity contribution in [2.24, 2.45) is 0 Å². The number of benzene rings is 1. The number of para-hydroxylation sites is 1. The number of amides is 2. The predicted molar refractivity (Wildman–Crippen MR) is 80.1 cm³/mol. The van der Waals surface area contributed by atoms with Gasteiger partial charge in [-0.15, -0.1) is 0 Å². The summed E-state index contributed by atoms with van der Waals surface area (Å²) in [5.74, 6) is 0. The second kappa shape index (κ2) is 7.14. The van der Waals surface area contributed by atoms with Crippen molar-refractivity contribution in [2.75, 3.05) is 44.8 Å². The molecule has 0 bridgehead atoms. The van der Waals surface area contributed by atoms with Crippen LogP contribution in [0.1, 0.15) is 6.92 Å². The minimum Gasteiger partial charge on any atom is -0.383 e. The lowest BCUT2D eigenvalue weighted by Gasteiger charge is -2.36. The number of rotatable bonds is 4. The van der Waals surface area contributed by atoms with Crippen molar-refractivity contribution in [1.82, 2.24) is 10.2 Å². The summed E-state index contributed by atoms with van der Waals surface area (Å²) < 4.78 is 5.03. The smallest absolute Gasteiger partial charge is 0.317 e. The molecule has 0 radical (unpaired) electrons. The quantitative estimate of drug-likeness (QED) is 0.908. The SMILES string of the molecule is COCC(C)NC(=O)N1CCN(c2ccccc2)CC1. The first-order valence-corrected chi connectivity index (χ1v) is 7.05. The number of carbonyl (C=O) groups is 1. The second-order valence-electron chi connectivity index (χ2n) is 5.12. The zero-order valence-electron chi connectivity index (χ0n) is 12.2. The number of nitrogens with one attached hydrogen (secondary N) is 1. The van der Waals surface area contributed by atoms with Crippen molar-refractivity contribution in [1.29, 1.82) is 0 Å². The van der Waals surface area contributed by atoms with E-state index in [2.05, 4.69) is 22.3 Å². The van der Waals surface area contributed by atoms with Gasteiger partial charge in [-0.2, -0.15) is 0 Å². The predicted octanol–water partition coefficient (Wildman–Crippen LogP) is 1.55. The molecule has 1 aliphatic heterocycles. The zero-order valence-corrected chi connectivity index (χ0v) is 12.2. The molecular weight excluding hydrogens is 254 g/mol. The first kappa shape index (κ1) is 14.7. The molecule has 5 heteroatoms. The molecule has 1 heterocycles. The Labute approximate surface area is 120 Å². The van der Waals surface area contributed by atoms with Gasteiger partial charge in [0.25, 0.3) is 0 Å². The molecule has 1 unspecified atom stereocenters. The number of methoxy groups -OCH3 is 1. The number of anilines is 1. The molecule has 5 nitrogen and oxygen atoms in total. The van der Waals surface area contributed by atoms with Crippen LogP contribution >= 0.6 is 0 Å². The highest BCUT2D eigenvalue weighted by Crippen LogP contribution is 2.15. The Bertz CT molecular complexity index is 416. The first-order chi connectivity index (χ1) is 9.70. The van der Waals surface area contributed by atoms with Crippen molar-refractivity contribution < 1.29 is 9.53 Å². The summed E-state index contributed by atoms with van der Waals surface area (Å²) in [5.41, 5.74) is 1.22. The Morgan fingerprint density at radius 3 is 2.50 bits per heavy atom. The van der Waals surface area contributed by atoms with Crippen LogP contribution in [0.2, 0.25) is 0 Å². The number of ether oxygens (including phenoxy) is 1. The number of nitrogens with zero attached hydrogens (tertiary/aromatic N) is 2. The van der Waals surface area contributed by atoms with Crippen LogP contribution < -0.4 is 10.2 Å². The topological polar surface area (TPSA) is 44.8 Å². The van der Waals surface area contributed by atoms with Crippen LogP contribution in [-0.2, 0) is 4.74 Å². The van der Waals surface area contributed by atoms with E-state index in [1.807, 2.05) is 30.0 Å². The molecule has 0 spiro atoms. The van der Waals surface area contributed by atoms with Gasteiger partial charge in [-0.3, -0.25) is 0 Å². The molecule has 2 rings (SSSR count). The van der Waals surface area contributed by atoms with Crippen molar-refractivity contribution in [3.8, 4) is 0 Å². The molecule has 1 fully saturated rings. The minimum atomic E-state index is 0.00209. The lowest BCUT2D eigenvalue weighted by atomic mass is 10.2. The van der Waals surface area contributed by atoms with Gasteiger partial charge in [-0.25, -0.2) is 4.79 Å². The molecule has 2 amide bonds. The van der Waals surface area contributed by atoms with Crippen LogP contribution in [0, 0.1) is 0 Å². The molecular formula is C15H23N3O2. The van der Waals surface area contributed by atoms with E-state index in [4.69, 9.17) is 4.74 Å². The van der Waals surface area contributed by atoms with Gasteiger partial charge in [-0.1, -0.05) is 18.2 Å². The standard InChI is InChI=1S/C15H23N3O2/c1-13(12-20-2)16-15(19)18-10-8-17(9-11-18)14-6-4-3-5-7-14/h3-7,13H,8-12H2,1-2H3,(H,16,19). The molecule has 20 heavy (non-hydrogen) atoms. The molecule has 1 atom stereocenters. The first-order valence-electron chi connectivity index (χ1n) is 7.05. The second-order valence-corrected chi connectivity index (χ2v) is 5.12. The Morgan fingerprint density at radius 2 is 1.90 bits per heavy atom. The van der Waals surface area contributed by atoms with Gasteiger partial charge >= 0.3 is 6.03 Å². The average molecular weight is 277 g/mol. The highest BCUT2D eigenvalue weighted by molar-refractivity contribution is 5.74. The summed E-state index contributed by atoms with van der Waals surface area (Å²) in [6.45, 7) is 5.73. The monoisotopic (exact) mass is 277 g/mol. The highest BCUT2D eigenvalue weighted by atomic mass is 16.5. The van der Waals surface area contributed by atoms with E-state index in [1.165, 1.54) is 5.69 Å². The third-order valence-corrected chi connectivity index (χ3v) is 3.47. The van der Waals surface area contributed by atoms with Gasteiger partial charge in [0, 0.05) is 39.0 Å². The van der Waals surface area contributed by atoms with Crippen molar-refractivity contribution >= 4 is 11.7 Å². The van der Waals surface area contributed by atoms with E-state index in [-0.39, 0.29) is 12.1 Å². The molecule has 1 N–H and O–H groups in total. The van der Waals surface area contributed by atoms with E-state index in [0.29, 0.717) is 6.61 Å². The van der Waals surface area contributed by atoms with Crippen LogP contribution in [0.4, 0.5) is 10.5 Å². The number of carbonyl (C=O) groups excluding carboxylic acids is 1. The van der Waals surface area contributed by atoms with Gasteiger partial charge < -0.3 is 19.9 Å². The maximum absolute atomic E-state index is 12.1. The number of urea groups is 1. The Hall–Kier alpha value is -1.75. The highest BCUT2D eigenvalue weighted by Gasteiger charge is 2.21. The number of hydrogen-bond acceptors (Lipinski definition) is 3. The molecule has 0 aliphatic carbocycles. The van der Waals surface area contributed by atoms with Crippen LogP contribution in [0.5, 0.6) is 0 Å². The van der Waals surface area contributed by atoms with Crippen molar-refractivity contribution in [3.63, 3.8) is 0 Å². The fraction of sp³-hybridized carbons (Fsp3) is 0.533. The summed E-state index contributed by atoms with van der Waals surface area (Å²) in [7, 11) is 1.64. The van der Waals surface area contributed by atoms with Crippen LogP contribution in [-0.4, -0.2) is 56.9 Å². The summed E-state index contributed by atoms with van der Waals surface area (Å²) in [5, 5.41) is 2.95. The number of hydrogen-bond donors (Lipinski definition) is 1. The van der Waals surface area contributed by atoms with Crippen LogP contribution in [0.15, 0.2) is 30.3 Å². The van der Waals surface area contributed by atoms with E-state index in [9.17, 15) is 4.79 Å². The molecule has 1 aliphatic rings. The fourth-order valence-electron chi connectivity index (χ4n) is 2.40. The van der Waals surface area contributed by atoms with E-state index >= 15 is 0 Å². The maximum Gasteiger partial charge on any atom is 0.317 e. The summed E-state index contributed by atoms with van der Waals surface area (Å²) in [4.78, 5) is 16.2. The molecule has 1 aromatic rings. The summed E-state index contributed by atoms with van der Waals surface area (Å²) in [6, 6.07) is 10.4. The third-order valence-electron chi connectivity index (χ3n) is 3.47. The van der Waals surface area contributed by atoms with Crippen LogP contribution in [0.25, 0.3) is 0 Å². The molecule has 0 aromatic heterocycles. The Kier molecular flexibility index (Phi) is 5.24. The largest absolute Gasteiger partial charge is 0.383 e. The summed E-state index contributed by atoms with van der Waals surface area (Å²) >= 11 is 0. The van der Waals surface area contributed by atoms with Gasteiger partial charge in [0.15, 0.2) is 0 Å². The Morgan fingerprint density at radius 1 is 1.25 bits per heavy atom. The van der Waals surface area contributed by atoms with E-state index in [1.54, 1.807) is 7.11 Å². The minimum absolute atomic E-state index is 0.00209. The molecule has 1 aromatic carbocycles. The zero-order chi connectivity index (χ0) is 14.4. The van der Waals surface area contributed by atoms with Gasteiger partial charge in [0.05, 0.1) is 12.6 Å². The number of piperazine rings is 1. The van der Waals surface area contributed by atoms with Gasteiger partial charge in [0.1, 0.15) is 0 Å².